The van der Waals surface area contributed by atoms with Gasteiger partial charge >= 0.3 is 0 Å². The van der Waals surface area contributed by atoms with Crippen molar-refractivity contribution in [3.8, 4) is 0 Å². The summed E-state index contributed by atoms with van der Waals surface area (Å²) in [4.78, 5) is 13.7. The molecule has 12 heteroatoms. The fraction of sp³-hybridized carbons (Fsp3) is 0.429. The minimum atomic E-state index is -4.00. The van der Waals surface area contributed by atoms with Crippen molar-refractivity contribution >= 4 is 25.7 Å². The van der Waals surface area contributed by atoms with Crippen molar-refractivity contribution in [3.05, 3.63) is 36.2 Å². The molecule has 1 amide bonds. The fourth-order valence-corrected chi connectivity index (χ4v) is 6.53. The molecule has 1 aromatic carbocycles. The van der Waals surface area contributed by atoms with Gasteiger partial charge in [0.2, 0.25) is 5.91 Å². The van der Waals surface area contributed by atoms with Crippen molar-refractivity contribution in [1.82, 2.24) is 25.1 Å². The summed E-state index contributed by atoms with van der Waals surface area (Å²) in [5.74, 6) is -0.195. The van der Waals surface area contributed by atoms with E-state index in [1.807, 2.05) is 6.92 Å². The van der Waals surface area contributed by atoms with Gasteiger partial charge in [-0.05, 0) is 29.5 Å². The summed E-state index contributed by atoms with van der Waals surface area (Å²) in [6.07, 6.45) is 1.33. The molecule has 0 N–H and O–H groups in total. The SMILES string of the molecule is Cc1ccc(S(=O)(=O)N=S2(=O)CCN(C(=O)Cn3cnnn3)CC2)cc1. The Bertz CT molecular complexity index is 994. The average molecular weight is 398 g/mol. The van der Waals surface area contributed by atoms with Crippen LogP contribution in [0.25, 0.3) is 0 Å². The van der Waals surface area contributed by atoms with E-state index in [0.717, 1.165) is 5.56 Å². The van der Waals surface area contributed by atoms with Gasteiger partial charge in [0.1, 0.15) is 12.9 Å². The third-order valence-electron chi connectivity index (χ3n) is 3.95. The predicted octanol–water partition coefficient (Wildman–Crippen LogP) is -0.319. The van der Waals surface area contributed by atoms with E-state index in [1.54, 1.807) is 12.1 Å². The summed E-state index contributed by atoms with van der Waals surface area (Å²) in [5, 5.41) is 10.5. The van der Waals surface area contributed by atoms with E-state index >= 15 is 0 Å². The van der Waals surface area contributed by atoms with Crippen molar-refractivity contribution in [2.24, 2.45) is 3.77 Å². The first-order valence-corrected chi connectivity index (χ1v) is 11.1. The first-order chi connectivity index (χ1) is 12.3. The molecule has 1 saturated heterocycles. The molecule has 0 aliphatic carbocycles. The molecule has 0 unspecified atom stereocenters. The fourth-order valence-electron chi connectivity index (χ4n) is 2.47. The highest BCUT2D eigenvalue weighted by Crippen LogP contribution is 2.17. The van der Waals surface area contributed by atoms with Crippen LogP contribution in [0.4, 0.5) is 0 Å². The first-order valence-electron chi connectivity index (χ1n) is 7.81. The second kappa shape index (κ2) is 7.11. The Balaban J connectivity index is 1.70. The molecule has 0 atom stereocenters. The lowest BCUT2D eigenvalue weighted by atomic mass is 10.2. The molecule has 0 radical (unpaired) electrons. The minimum Gasteiger partial charge on any atom is -0.339 e. The third-order valence-corrected chi connectivity index (χ3v) is 8.34. The molecular formula is C14H18N6O4S2. The van der Waals surface area contributed by atoms with Gasteiger partial charge in [-0.3, -0.25) is 4.79 Å². The number of carbonyl (C=O) groups is 1. The highest BCUT2D eigenvalue weighted by Gasteiger charge is 2.27. The number of carbonyl (C=O) groups excluding carboxylic acids is 1. The van der Waals surface area contributed by atoms with Gasteiger partial charge in [-0.2, -0.15) is 8.42 Å². The second-order valence-electron chi connectivity index (χ2n) is 5.93. The van der Waals surface area contributed by atoms with E-state index in [0.29, 0.717) is 0 Å². The summed E-state index contributed by atoms with van der Waals surface area (Å²) in [6.45, 7) is 2.17. The summed E-state index contributed by atoms with van der Waals surface area (Å²) >= 11 is 0. The number of nitrogens with zero attached hydrogens (tertiary/aromatic N) is 6. The number of rotatable bonds is 4. The summed E-state index contributed by atoms with van der Waals surface area (Å²) in [5.41, 5.74) is 0.919. The number of hydrogen-bond donors (Lipinski definition) is 0. The van der Waals surface area contributed by atoms with Crippen molar-refractivity contribution in [1.29, 1.82) is 0 Å². The van der Waals surface area contributed by atoms with Crippen LogP contribution in [0.2, 0.25) is 0 Å². The van der Waals surface area contributed by atoms with Crippen LogP contribution in [0.5, 0.6) is 0 Å². The second-order valence-corrected chi connectivity index (χ2v) is 10.3. The molecule has 0 spiro atoms. The zero-order valence-corrected chi connectivity index (χ0v) is 15.7. The Morgan fingerprint density at radius 1 is 1.23 bits per heavy atom. The molecule has 1 fully saturated rings. The van der Waals surface area contributed by atoms with E-state index in [1.165, 1.54) is 28.0 Å². The zero-order chi connectivity index (χ0) is 18.8. The molecule has 10 nitrogen and oxygen atoms in total. The molecule has 0 bridgehead atoms. The summed E-state index contributed by atoms with van der Waals surface area (Å²) in [6, 6.07) is 6.22. The van der Waals surface area contributed by atoms with Crippen LogP contribution in [0.15, 0.2) is 39.3 Å². The number of aryl methyl sites for hydroxylation is 1. The van der Waals surface area contributed by atoms with E-state index in [4.69, 9.17) is 0 Å². The molecule has 1 aromatic heterocycles. The van der Waals surface area contributed by atoms with Gasteiger partial charge in [0.15, 0.2) is 0 Å². The molecule has 2 heterocycles. The van der Waals surface area contributed by atoms with Gasteiger partial charge in [0.25, 0.3) is 10.0 Å². The topological polar surface area (TPSA) is 127 Å². The lowest BCUT2D eigenvalue weighted by Gasteiger charge is -2.28. The van der Waals surface area contributed by atoms with Gasteiger partial charge in [-0.1, -0.05) is 17.7 Å². The molecule has 0 saturated carbocycles. The molecule has 26 heavy (non-hydrogen) atoms. The zero-order valence-electron chi connectivity index (χ0n) is 14.1. The number of tetrazole rings is 1. The molecule has 2 aromatic rings. The molecule has 1 aliphatic rings. The van der Waals surface area contributed by atoms with Crippen LogP contribution in [0.3, 0.4) is 0 Å². The largest absolute Gasteiger partial charge is 0.339 e. The van der Waals surface area contributed by atoms with E-state index in [2.05, 4.69) is 19.3 Å². The smallest absolute Gasteiger partial charge is 0.290 e. The van der Waals surface area contributed by atoms with E-state index < -0.39 is 19.8 Å². The van der Waals surface area contributed by atoms with Gasteiger partial charge in [0, 0.05) is 13.1 Å². The first kappa shape index (κ1) is 18.5. The van der Waals surface area contributed by atoms with Crippen molar-refractivity contribution in [3.63, 3.8) is 0 Å². The van der Waals surface area contributed by atoms with Crippen LogP contribution >= 0.6 is 0 Å². The highest BCUT2D eigenvalue weighted by atomic mass is 32.3. The van der Waals surface area contributed by atoms with Crippen molar-refractivity contribution in [2.45, 2.75) is 18.4 Å². The Hall–Kier alpha value is -2.34. The Morgan fingerprint density at radius 3 is 2.46 bits per heavy atom. The highest BCUT2D eigenvalue weighted by molar-refractivity contribution is 8.03. The molecular weight excluding hydrogens is 380 g/mol. The Kier molecular flexibility index (Phi) is 5.05. The monoisotopic (exact) mass is 398 g/mol. The summed E-state index contributed by atoms with van der Waals surface area (Å²) < 4.78 is 42.6. The maximum Gasteiger partial charge on any atom is 0.290 e. The number of hydrogen-bond acceptors (Lipinski definition) is 7. The average Bonchev–Trinajstić information content (AvgIpc) is 3.08. The van der Waals surface area contributed by atoms with Crippen LogP contribution in [-0.4, -0.2) is 68.2 Å². The Morgan fingerprint density at radius 2 is 1.88 bits per heavy atom. The normalized spacial score (nSPS) is 17.0. The Labute approximate surface area is 151 Å². The van der Waals surface area contributed by atoms with Gasteiger partial charge < -0.3 is 4.90 Å². The quantitative estimate of drug-likeness (QED) is 0.690. The van der Waals surface area contributed by atoms with Crippen LogP contribution in [-0.2, 0) is 31.1 Å². The maximum absolute atomic E-state index is 12.8. The lowest BCUT2D eigenvalue weighted by molar-refractivity contribution is -0.131. The number of amides is 1. The van der Waals surface area contributed by atoms with E-state index in [9.17, 15) is 17.4 Å². The van der Waals surface area contributed by atoms with Gasteiger partial charge in [0.05, 0.1) is 26.1 Å². The standard InChI is InChI=1S/C14H18N6O4S2/c1-12-2-4-13(5-3-12)26(23,24)18-25(22)8-6-19(7-9-25)14(21)10-20-11-15-16-17-20/h2-5,11H,6-10H2,1H3. The number of benzene rings is 1. The third kappa shape index (κ3) is 4.25. The van der Waals surface area contributed by atoms with Gasteiger partial charge in [-0.25, -0.2) is 8.89 Å². The number of aromatic nitrogens is 4. The lowest BCUT2D eigenvalue weighted by Crippen LogP contribution is -2.45. The molecule has 140 valence electrons. The summed E-state index contributed by atoms with van der Waals surface area (Å²) in [7, 11) is -6.94. The van der Waals surface area contributed by atoms with Crippen molar-refractivity contribution in [2.75, 3.05) is 24.6 Å². The predicted molar refractivity (Wildman–Crippen MR) is 93.1 cm³/mol. The van der Waals surface area contributed by atoms with Crippen LogP contribution in [0, 0.1) is 6.92 Å². The minimum absolute atomic E-state index is 0.0133. The molecule has 3 rings (SSSR count). The van der Waals surface area contributed by atoms with Crippen molar-refractivity contribution < 1.29 is 17.4 Å². The molecule has 1 aliphatic heterocycles. The maximum atomic E-state index is 12.8. The van der Waals surface area contributed by atoms with Crippen LogP contribution in [0.1, 0.15) is 5.56 Å². The number of sulfonamides is 1. The van der Waals surface area contributed by atoms with E-state index in [-0.39, 0.29) is 41.9 Å². The van der Waals surface area contributed by atoms with Gasteiger partial charge in [-0.15, -0.1) is 8.87 Å². The van der Waals surface area contributed by atoms with Crippen LogP contribution < -0.4 is 0 Å².